The summed E-state index contributed by atoms with van der Waals surface area (Å²) in [6, 6.07) is 38.7. The van der Waals surface area contributed by atoms with Gasteiger partial charge in [-0.1, -0.05) is 145 Å². The molecule has 43 heavy (non-hydrogen) atoms. The van der Waals surface area contributed by atoms with Crippen molar-refractivity contribution in [3.05, 3.63) is 158 Å². The van der Waals surface area contributed by atoms with Crippen LogP contribution in [0.25, 0.3) is 87.6 Å². The number of benzene rings is 8. The Hall–Kier alpha value is -5.66. The van der Waals surface area contributed by atoms with Gasteiger partial charge in [-0.25, -0.2) is 0 Å². The van der Waals surface area contributed by atoms with E-state index in [2.05, 4.69) is 42.5 Å². The molecular formula is C42H26O. The Labute approximate surface area is 257 Å². The molecule has 1 aromatic heterocycles. The molecular weight excluding hydrogens is 520 g/mol. The van der Waals surface area contributed by atoms with E-state index in [1.807, 2.05) is 78.9 Å². The van der Waals surface area contributed by atoms with Crippen molar-refractivity contribution < 1.29 is 12.6 Å². The zero-order chi connectivity index (χ0) is 33.6. The van der Waals surface area contributed by atoms with Crippen LogP contribution in [0.3, 0.4) is 0 Å². The van der Waals surface area contributed by atoms with Gasteiger partial charge in [0.2, 0.25) is 0 Å². The average molecular weight is 553 g/mol. The molecule has 200 valence electrons. The van der Waals surface area contributed by atoms with Gasteiger partial charge < -0.3 is 4.42 Å². The first-order valence-electron chi connectivity index (χ1n) is 17.3. The second kappa shape index (κ2) is 9.44. The first-order chi connectivity index (χ1) is 23.9. The lowest BCUT2D eigenvalue weighted by molar-refractivity contribution is 0.669. The number of rotatable bonds is 3. The quantitative estimate of drug-likeness (QED) is 0.199. The number of hydrogen-bond donors (Lipinski definition) is 0. The second-order valence-electron chi connectivity index (χ2n) is 10.7. The maximum absolute atomic E-state index is 9.49. The zero-order valence-electron chi connectivity index (χ0n) is 29.0. The summed E-state index contributed by atoms with van der Waals surface area (Å²) >= 11 is 0. The molecule has 8 aromatic carbocycles. The predicted octanol–water partition coefficient (Wildman–Crippen LogP) is 12.0. The maximum Gasteiger partial charge on any atom is 0.136 e. The minimum Gasteiger partial charge on any atom is -0.456 e. The van der Waals surface area contributed by atoms with Gasteiger partial charge in [-0.2, -0.15) is 0 Å². The molecule has 1 heterocycles. The molecule has 9 aromatic rings. The maximum atomic E-state index is 9.49. The van der Waals surface area contributed by atoms with E-state index in [1.165, 1.54) is 0 Å². The highest BCUT2D eigenvalue weighted by Gasteiger charge is 2.22. The van der Waals surface area contributed by atoms with Crippen LogP contribution in [-0.2, 0) is 0 Å². The Kier molecular flexibility index (Phi) is 4.11. The van der Waals surface area contributed by atoms with Crippen LogP contribution < -0.4 is 0 Å². The summed E-state index contributed by atoms with van der Waals surface area (Å²) in [7, 11) is 0. The molecule has 0 saturated carbocycles. The van der Waals surface area contributed by atoms with Crippen molar-refractivity contribution in [2.24, 2.45) is 0 Å². The SMILES string of the molecule is [2H]c1c([2H])c(-c2ccccc2)c2c(oc3c([2H])c([2H])c([2H])c(-c4c5ccccc5c(-c5cccc6ccccc56)c5ccccc45)c32)c1[2H]. The summed E-state index contributed by atoms with van der Waals surface area (Å²) < 4.78 is 60.3. The molecule has 1 nitrogen and oxygen atoms in total. The van der Waals surface area contributed by atoms with Crippen LogP contribution in [0.15, 0.2) is 162 Å². The van der Waals surface area contributed by atoms with Gasteiger partial charge in [0.25, 0.3) is 0 Å². The summed E-state index contributed by atoms with van der Waals surface area (Å²) in [5, 5.41) is 6.70. The van der Waals surface area contributed by atoms with Gasteiger partial charge in [0.05, 0.1) is 8.22 Å². The first kappa shape index (κ1) is 18.7. The lowest BCUT2D eigenvalue weighted by Gasteiger charge is -2.19. The fourth-order valence-electron chi connectivity index (χ4n) is 6.65. The van der Waals surface area contributed by atoms with Crippen molar-refractivity contribution in [3.63, 3.8) is 0 Å². The van der Waals surface area contributed by atoms with Crippen LogP contribution in [0.2, 0.25) is 0 Å². The minimum atomic E-state index is -0.294. The van der Waals surface area contributed by atoms with Crippen LogP contribution in [0.5, 0.6) is 0 Å². The summed E-state index contributed by atoms with van der Waals surface area (Å²) in [5.41, 5.74) is 4.44. The highest BCUT2D eigenvalue weighted by atomic mass is 16.3. The average Bonchev–Trinajstić information content (AvgIpc) is 3.53. The molecule has 1 heteroatoms. The standard InChI is InChI=1S/C42H26O/c1-2-13-28(14-3-1)30-22-11-25-37-41(30)42-36(24-12-26-38(42)43-37)40-34-20-8-6-18-32(34)39(33-19-7-9-21-35(33)40)31-23-10-16-27-15-4-5-17-29(27)31/h1-26H/i11D,12D,22D,24D,25D,26D. The van der Waals surface area contributed by atoms with Crippen molar-refractivity contribution >= 4 is 54.3 Å². The Morgan fingerprint density at radius 1 is 0.395 bits per heavy atom. The molecule has 0 unspecified atom stereocenters. The third kappa shape index (κ3) is 3.58. The molecule has 0 N–H and O–H groups in total. The molecule has 0 aliphatic rings. The molecule has 0 radical (unpaired) electrons. The molecule has 0 amide bonds. The highest BCUT2D eigenvalue weighted by molar-refractivity contribution is 6.27. The van der Waals surface area contributed by atoms with Crippen molar-refractivity contribution in [2.45, 2.75) is 0 Å². The molecule has 0 saturated heterocycles. The topological polar surface area (TPSA) is 13.1 Å². The summed E-state index contributed by atoms with van der Waals surface area (Å²) in [6.07, 6.45) is 0. The van der Waals surface area contributed by atoms with E-state index in [0.29, 0.717) is 33.0 Å². The normalized spacial score (nSPS) is 13.7. The molecule has 9 rings (SSSR count). The van der Waals surface area contributed by atoms with E-state index >= 15 is 0 Å². The highest BCUT2D eigenvalue weighted by Crippen LogP contribution is 2.48. The van der Waals surface area contributed by atoms with E-state index in [4.69, 9.17) is 11.3 Å². The lowest BCUT2D eigenvalue weighted by atomic mass is 9.83. The monoisotopic (exact) mass is 552 g/mol. The fraction of sp³-hybridized carbons (Fsp3) is 0. The van der Waals surface area contributed by atoms with E-state index in [0.717, 1.165) is 43.4 Å². The fourth-order valence-corrected chi connectivity index (χ4v) is 6.65. The van der Waals surface area contributed by atoms with Gasteiger partial charge >= 0.3 is 0 Å². The largest absolute Gasteiger partial charge is 0.456 e. The number of hydrogen-bond acceptors (Lipinski definition) is 1. The summed E-state index contributed by atoms with van der Waals surface area (Å²) in [5.74, 6) is 0. The number of furan rings is 1. The molecule has 0 aliphatic heterocycles. The van der Waals surface area contributed by atoms with Gasteiger partial charge in [-0.3, -0.25) is 0 Å². The van der Waals surface area contributed by atoms with Crippen molar-refractivity contribution in [1.29, 1.82) is 0 Å². The van der Waals surface area contributed by atoms with Crippen LogP contribution in [0.1, 0.15) is 8.22 Å². The summed E-state index contributed by atoms with van der Waals surface area (Å²) in [6.45, 7) is 0. The molecule has 0 bridgehead atoms. The number of fused-ring (bicyclic) bond motifs is 6. The third-order valence-electron chi connectivity index (χ3n) is 8.44. The van der Waals surface area contributed by atoms with Gasteiger partial charge in [0.15, 0.2) is 0 Å². The van der Waals surface area contributed by atoms with Crippen molar-refractivity contribution in [3.8, 4) is 33.4 Å². The molecule has 0 fully saturated rings. The van der Waals surface area contributed by atoms with E-state index in [9.17, 15) is 1.37 Å². The Morgan fingerprint density at radius 2 is 0.884 bits per heavy atom. The van der Waals surface area contributed by atoms with Gasteiger partial charge in [-0.15, -0.1) is 0 Å². The van der Waals surface area contributed by atoms with Gasteiger partial charge in [0.1, 0.15) is 11.2 Å². The summed E-state index contributed by atoms with van der Waals surface area (Å²) in [4.78, 5) is 0. The van der Waals surface area contributed by atoms with Gasteiger partial charge in [0, 0.05) is 10.8 Å². The minimum absolute atomic E-state index is 0.0629. The van der Waals surface area contributed by atoms with E-state index in [1.54, 1.807) is 0 Å². The van der Waals surface area contributed by atoms with Crippen LogP contribution in [-0.4, -0.2) is 0 Å². The molecule has 0 atom stereocenters. The van der Waals surface area contributed by atoms with Gasteiger partial charge in [-0.05, 0) is 77.8 Å². The van der Waals surface area contributed by atoms with E-state index < -0.39 is 0 Å². The Balaban J connectivity index is 1.54. The Bertz CT molecular complexity index is 2780. The van der Waals surface area contributed by atoms with Crippen molar-refractivity contribution in [2.75, 3.05) is 0 Å². The van der Waals surface area contributed by atoms with Crippen LogP contribution in [0.4, 0.5) is 0 Å². The Morgan fingerprint density at radius 3 is 1.53 bits per heavy atom. The van der Waals surface area contributed by atoms with Crippen molar-refractivity contribution in [1.82, 2.24) is 0 Å². The first-order valence-corrected chi connectivity index (χ1v) is 14.3. The van der Waals surface area contributed by atoms with Crippen LogP contribution in [0, 0.1) is 0 Å². The lowest BCUT2D eigenvalue weighted by Crippen LogP contribution is -1.92. The predicted molar refractivity (Wildman–Crippen MR) is 183 cm³/mol. The third-order valence-corrected chi connectivity index (χ3v) is 8.44. The second-order valence-corrected chi connectivity index (χ2v) is 10.7. The molecule has 0 aliphatic carbocycles. The molecule has 0 spiro atoms. The van der Waals surface area contributed by atoms with E-state index in [-0.39, 0.29) is 47.4 Å². The smallest absolute Gasteiger partial charge is 0.136 e. The van der Waals surface area contributed by atoms with Crippen LogP contribution >= 0.6 is 0 Å². The zero-order valence-corrected chi connectivity index (χ0v) is 23.0.